The maximum atomic E-state index is 5.87. The van der Waals surface area contributed by atoms with Gasteiger partial charge < -0.3 is 14.9 Å². The van der Waals surface area contributed by atoms with Crippen molar-refractivity contribution in [3.8, 4) is 0 Å². The number of nitrogens with one attached hydrogen (secondary N) is 1. The molecule has 33 heavy (non-hydrogen) atoms. The summed E-state index contributed by atoms with van der Waals surface area (Å²) in [7, 11) is -1.11. The summed E-state index contributed by atoms with van der Waals surface area (Å²) in [6.45, 7) is 14.7. The highest BCUT2D eigenvalue weighted by Gasteiger charge is 2.16. The number of nitrogens with zero attached hydrogens (tertiary/aromatic N) is 4. The van der Waals surface area contributed by atoms with Gasteiger partial charge in [0.05, 0.1) is 5.69 Å². The molecule has 1 N–H and O–H groups in total. The van der Waals surface area contributed by atoms with Crippen LogP contribution in [0.1, 0.15) is 36.4 Å². The number of aryl methyl sites for hydroxylation is 1. The Morgan fingerprint density at radius 2 is 1.97 bits per heavy atom. The molecule has 2 heterocycles. The molecule has 9 heteroatoms. The fourth-order valence-corrected chi connectivity index (χ4v) is 4.63. The number of benzene rings is 1. The second-order valence-electron chi connectivity index (χ2n) is 9.57. The molecule has 2 aromatic heterocycles. The highest BCUT2D eigenvalue weighted by molar-refractivity contribution is 7.13. The number of oxime groups is 1. The number of aromatic nitrogens is 3. The zero-order valence-electron chi connectivity index (χ0n) is 20.5. The second kappa shape index (κ2) is 11.6. The minimum atomic E-state index is -1.11. The van der Waals surface area contributed by atoms with Crippen molar-refractivity contribution in [3.63, 3.8) is 0 Å². The SMILES string of the molecule is Cc1cn(COCC[Si](C)(C)C)nc1C(=NOCc1csc(NC(C)C)n1)c1ccccc1. The molecule has 0 spiro atoms. The zero-order valence-corrected chi connectivity index (χ0v) is 22.3. The first-order valence-corrected chi connectivity index (χ1v) is 15.9. The van der Waals surface area contributed by atoms with Crippen molar-refractivity contribution in [1.82, 2.24) is 14.8 Å². The summed E-state index contributed by atoms with van der Waals surface area (Å²) < 4.78 is 7.70. The summed E-state index contributed by atoms with van der Waals surface area (Å²) in [4.78, 5) is 10.3. The van der Waals surface area contributed by atoms with Crippen LogP contribution in [0.25, 0.3) is 0 Å². The van der Waals surface area contributed by atoms with Gasteiger partial charge >= 0.3 is 0 Å². The molecule has 0 amide bonds. The van der Waals surface area contributed by atoms with Gasteiger partial charge in [0.1, 0.15) is 18.1 Å². The minimum absolute atomic E-state index is 0.298. The summed E-state index contributed by atoms with van der Waals surface area (Å²) >= 11 is 1.57. The maximum Gasteiger partial charge on any atom is 0.183 e. The van der Waals surface area contributed by atoms with Crippen molar-refractivity contribution < 1.29 is 9.57 Å². The Bertz CT molecular complexity index is 1040. The molecule has 0 saturated heterocycles. The quantitative estimate of drug-likeness (QED) is 0.153. The smallest absolute Gasteiger partial charge is 0.183 e. The van der Waals surface area contributed by atoms with Crippen LogP contribution in [-0.2, 0) is 22.9 Å². The average molecular weight is 486 g/mol. The first kappa shape index (κ1) is 25.1. The van der Waals surface area contributed by atoms with E-state index in [2.05, 4.69) is 48.9 Å². The molecule has 0 saturated carbocycles. The summed E-state index contributed by atoms with van der Waals surface area (Å²) in [6.07, 6.45) is 1.99. The van der Waals surface area contributed by atoms with E-state index in [1.165, 1.54) is 0 Å². The number of anilines is 1. The third-order valence-electron chi connectivity index (χ3n) is 4.77. The van der Waals surface area contributed by atoms with Gasteiger partial charge in [-0.1, -0.05) is 55.1 Å². The Balaban J connectivity index is 1.72. The molecule has 0 aliphatic rings. The molecule has 0 aliphatic heterocycles. The number of thiazole rings is 1. The minimum Gasteiger partial charge on any atom is -0.389 e. The molecular weight excluding hydrogens is 450 g/mol. The predicted molar refractivity (Wildman–Crippen MR) is 139 cm³/mol. The first-order chi connectivity index (χ1) is 15.7. The molecule has 0 fully saturated rings. The normalized spacial score (nSPS) is 12.4. The van der Waals surface area contributed by atoms with Gasteiger partial charge in [0, 0.05) is 37.9 Å². The Hall–Kier alpha value is -2.49. The van der Waals surface area contributed by atoms with Crippen LogP contribution >= 0.6 is 11.3 Å². The van der Waals surface area contributed by atoms with E-state index in [-0.39, 0.29) is 0 Å². The number of hydrogen-bond acceptors (Lipinski definition) is 7. The van der Waals surface area contributed by atoms with Crippen molar-refractivity contribution in [2.75, 3.05) is 11.9 Å². The van der Waals surface area contributed by atoms with Crippen molar-refractivity contribution in [1.29, 1.82) is 0 Å². The lowest BCUT2D eigenvalue weighted by molar-refractivity contribution is 0.0784. The number of rotatable bonds is 12. The van der Waals surface area contributed by atoms with Gasteiger partial charge in [-0.15, -0.1) is 11.3 Å². The number of hydrogen-bond donors (Lipinski definition) is 1. The van der Waals surface area contributed by atoms with Crippen LogP contribution < -0.4 is 5.32 Å². The lowest BCUT2D eigenvalue weighted by Gasteiger charge is -2.15. The van der Waals surface area contributed by atoms with Gasteiger partial charge in [-0.05, 0) is 32.4 Å². The largest absolute Gasteiger partial charge is 0.389 e. The van der Waals surface area contributed by atoms with Crippen molar-refractivity contribution >= 4 is 30.3 Å². The lowest BCUT2D eigenvalue weighted by atomic mass is 10.1. The van der Waals surface area contributed by atoms with E-state index in [9.17, 15) is 0 Å². The monoisotopic (exact) mass is 485 g/mol. The van der Waals surface area contributed by atoms with Crippen LogP contribution in [-0.4, -0.2) is 41.2 Å². The van der Waals surface area contributed by atoms with Crippen molar-refractivity contribution in [3.05, 3.63) is 64.4 Å². The molecule has 7 nitrogen and oxygen atoms in total. The van der Waals surface area contributed by atoms with E-state index in [0.717, 1.165) is 40.3 Å². The lowest BCUT2D eigenvalue weighted by Crippen LogP contribution is -2.22. The molecule has 0 atom stereocenters. The van der Waals surface area contributed by atoms with Crippen LogP contribution in [0.4, 0.5) is 5.13 Å². The summed E-state index contributed by atoms with van der Waals surface area (Å²) in [5, 5.41) is 15.4. The molecule has 3 rings (SSSR count). The zero-order chi connectivity index (χ0) is 23.8. The van der Waals surface area contributed by atoms with Crippen LogP contribution in [0.2, 0.25) is 25.7 Å². The fourth-order valence-electron chi connectivity index (χ4n) is 3.04. The third-order valence-corrected chi connectivity index (χ3v) is 7.29. The van der Waals surface area contributed by atoms with Crippen LogP contribution in [0.5, 0.6) is 0 Å². The molecule has 3 aromatic rings. The van der Waals surface area contributed by atoms with Crippen LogP contribution in [0, 0.1) is 6.92 Å². The second-order valence-corrected chi connectivity index (χ2v) is 16.1. The van der Waals surface area contributed by atoms with Gasteiger partial charge in [0.15, 0.2) is 11.7 Å². The molecule has 0 radical (unpaired) electrons. The molecule has 0 aliphatic carbocycles. The molecule has 0 unspecified atom stereocenters. The van der Waals surface area contributed by atoms with Gasteiger partial charge in [0.2, 0.25) is 0 Å². The molecule has 1 aromatic carbocycles. The Morgan fingerprint density at radius 1 is 1.21 bits per heavy atom. The van der Waals surface area contributed by atoms with E-state index >= 15 is 0 Å². The summed E-state index contributed by atoms with van der Waals surface area (Å²) in [6, 6.07) is 11.5. The van der Waals surface area contributed by atoms with E-state index in [1.807, 2.05) is 53.5 Å². The van der Waals surface area contributed by atoms with Crippen molar-refractivity contribution in [2.45, 2.75) is 65.8 Å². The van der Waals surface area contributed by atoms with E-state index in [0.29, 0.717) is 25.1 Å². The standard InChI is InChI=1S/C24H35N5O2SSi/c1-18(2)25-24-26-21(16-32-24)15-31-28-23(20-10-8-7-9-11-20)22-19(3)14-29(27-22)17-30-12-13-33(4,5)6/h7-11,14,16,18H,12-13,15,17H2,1-6H3,(H,25,26). The van der Waals surface area contributed by atoms with Gasteiger partial charge in [-0.2, -0.15) is 5.10 Å². The molecular formula is C24H35N5O2SSi. The van der Waals surface area contributed by atoms with E-state index < -0.39 is 8.07 Å². The highest BCUT2D eigenvalue weighted by Crippen LogP contribution is 2.18. The maximum absolute atomic E-state index is 5.87. The third kappa shape index (κ3) is 8.10. The van der Waals surface area contributed by atoms with Crippen LogP contribution in [0.15, 0.2) is 47.1 Å². The molecule has 178 valence electrons. The van der Waals surface area contributed by atoms with E-state index in [1.54, 1.807) is 11.3 Å². The highest BCUT2D eigenvalue weighted by atomic mass is 32.1. The first-order valence-electron chi connectivity index (χ1n) is 11.3. The topological polar surface area (TPSA) is 73.6 Å². The Morgan fingerprint density at radius 3 is 2.67 bits per heavy atom. The average Bonchev–Trinajstić information content (AvgIpc) is 3.34. The predicted octanol–water partition coefficient (Wildman–Crippen LogP) is 5.75. The summed E-state index contributed by atoms with van der Waals surface area (Å²) in [5.41, 5.74) is 4.30. The Labute approximate surface area is 201 Å². The van der Waals surface area contributed by atoms with Crippen molar-refractivity contribution in [2.24, 2.45) is 5.16 Å². The van der Waals surface area contributed by atoms with Gasteiger partial charge in [-0.3, -0.25) is 0 Å². The summed E-state index contributed by atoms with van der Waals surface area (Å²) in [5.74, 6) is 0. The fraction of sp³-hybridized carbons (Fsp3) is 0.458. The van der Waals surface area contributed by atoms with Crippen LogP contribution in [0.3, 0.4) is 0 Å². The molecule has 0 bridgehead atoms. The van der Waals surface area contributed by atoms with Gasteiger partial charge in [-0.25, -0.2) is 9.67 Å². The van der Waals surface area contributed by atoms with Gasteiger partial charge in [0.25, 0.3) is 0 Å². The Kier molecular flexibility index (Phi) is 8.82. The van der Waals surface area contributed by atoms with E-state index in [4.69, 9.17) is 14.7 Å². The number of ether oxygens (including phenoxy) is 1.